The molecule has 2 rings (SSSR count). The van der Waals surface area contributed by atoms with E-state index in [-0.39, 0.29) is 25.4 Å². The Bertz CT molecular complexity index is 641. The van der Waals surface area contributed by atoms with E-state index in [0.717, 1.165) is 5.56 Å². The molecular weight excluding hydrogens is 278 g/mol. The summed E-state index contributed by atoms with van der Waals surface area (Å²) in [6.45, 7) is 3.44. The Morgan fingerprint density at radius 2 is 2.19 bits per heavy atom. The lowest BCUT2D eigenvalue weighted by Gasteiger charge is -2.02. The van der Waals surface area contributed by atoms with E-state index in [1.807, 2.05) is 0 Å². The van der Waals surface area contributed by atoms with Crippen LogP contribution in [0, 0.1) is 13.8 Å². The Balaban J connectivity index is 1.86. The third-order valence-corrected chi connectivity index (χ3v) is 2.87. The Morgan fingerprint density at radius 1 is 1.43 bits per heavy atom. The van der Waals surface area contributed by atoms with E-state index in [9.17, 15) is 9.59 Å². The standard InChI is InChI=1S/C12H15N5O4/c1-7-10(8(2)21-15-7)3-11(18)13-4-9-5-17(16-14-9)6-12(19)20/h5H,3-4,6H2,1-2H3,(H,13,18)(H,19,20). The fraction of sp³-hybridized carbons (Fsp3) is 0.417. The zero-order chi connectivity index (χ0) is 15.4. The molecule has 0 saturated heterocycles. The average Bonchev–Trinajstić information content (AvgIpc) is 2.97. The number of hydrogen-bond acceptors (Lipinski definition) is 6. The van der Waals surface area contributed by atoms with Crippen LogP contribution in [0.3, 0.4) is 0 Å². The molecule has 0 aliphatic rings. The maximum absolute atomic E-state index is 11.8. The average molecular weight is 293 g/mol. The van der Waals surface area contributed by atoms with Crippen molar-refractivity contribution in [3.05, 3.63) is 28.9 Å². The van der Waals surface area contributed by atoms with Crippen LogP contribution in [0.15, 0.2) is 10.7 Å². The second-order valence-electron chi connectivity index (χ2n) is 4.56. The summed E-state index contributed by atoms with van der Waals surface area (Å²) in [4.78, 5) is 22.4. The third-order valence-electron chi connectivity index (χ3n) is 2.87. The molecule has 2 aromatic heterocycles. The predicted octanol–water partition coefficient (Wildman–Crippen LogP) is -0.174. The summed E-state index contributed by atoms with van der Waals surface area (Å²) in [5.41, 5.74) is 1.94. The summed E-state index contributed by atoms with van der Waals surface area (Å²) < 4.78 is 6.18. The highest BCUT2D eigenvalue weighted by molar-refractivity contribution is 5.78. The van der Waals surface area contributed by atoms with Crippen LogP contribution in [-0.2, 0) is 29.1 Å². The van der Waals surface area contributed by atoms with Crippen molar-refractivity contribution in [2.75, 3.05) is 0 Å². The first kappa shape index (κ1) is 14.7. The minimum absolute atomic E-state index is 0.171. The van der Waals surface area contributed by atoms with Crippen LogP contribution in [0.2, 0.25) is 0 Å². The normalized spacial score (nSPS) is 10.6. The van der Waals surface area contributed by atoms with Crippen molar-refractivity contribution in [2.45, 2.75) is 33.4 Å². The summed E-state index contributed by atoms with van der Waals surface area (Å²) >= 11 is 0. The van der Waals surface area contributed by atoms with Crippen LogP contribution in [0.4, 0.5) is 0 Å². The number of carboxylic acids is 1. The second kappa shape index (κ2) is 6.16. The molecule has 0 atom stereocenters. The van der Waals surface area contributed by atoms with Gasteiger partial charge in [0.25, 0.3) is 0 Å². The van der Waals surface area contributed by atoms with E-state index in [1.165, 1.54) is 10.9 Å². The van der Waals surface area contributed by atoms with Crippen LogP contribution in [0.25, 0.3) is 0 Å². The number of nitrogens with one attached hydrogen (secondary N) is 1. The maximum Gasteiger partial charge on any atom is 0.325 e. The highest BCUT2D eigenvalue weighted by Crippen LogP contribution is 2.12. The first-order valence-corrected chi connectivity index (χ1v) is 6.25. The molecule has 0 bridgehead atoms. The zero-order valence-electron chi connectivity index (χ0n) is 11.7. The first-order valence-electron chi connectivity index (χ1n) is 6.25. The molecule has 0 aliphatic heterocycles. The van der Waals surface area contributed by atoms with Crippen molar-refractivity contribution in [3.63, 3.8) is 0 Å². The van der Waals surface area contributed by atoms with Crippen molar-refractivity contribution in [1.82, 2.24) is 25.5 Å². The van der Waals surface area contributed by atoms with E-state index in [2.05, 4.69) is 20.8 Å². The number of carboxylic acid groups (broad SMARTS) is 1. The SMILES string of the molecule is Cc1noc(C)c1CC(=O)NCc1cn(CC(=O)O)nn1. The molecule has 0 spiro atoms. The van der Waals surface area contributed by atoms with Gasteiger partial charge in [-0.2, -0.15) is 0 Å². The number of carbonyl (C=O) groups excluding carboxylic acids is 1. The zero-order valence-corrected chi connectivity index (χ0v) is 11.7. The van der Waals surface area contributed by atoms with E-state index < -0.39 is 5.97 Å². The fourth-order valence-corrected chi connectivity index (χ4v) is 1.80. The van der Waals surface area contributed by atoms with Gasteiger partial charge in [-0.25, -0.2) is 4.68 Å². The number of rotatable bonds is 6. The number of carbonyl (C=O) groups is 2. The summed E-state index contributed by atoms with van der Waals surface area (Å²) in [5.74, 6) is -0.582. The molecule has 1 amide bonds. The van der Waals surface area contributed by atoms with Gasteiger partial charge in [-0.1, -0.05) is 10.4 Å². The molecule has 0 unspecified atom stereocenters. The molecule has 2 aromatic rings. The molecule has 0 saturated carbocycles. The predicted molar refractivity (Wildman–Crippen MR) is 69.2 cm³/mol. The lowest BCUT2D eigenvalue weighted by molar-refractivity contribution is -0.138. The molecule has 21 heavy (non-hydrogen) atoms. The van der Waals surface area contributed by atoms with Crippen LogP contribution in [0.1, 0.15) is 22.7 Å². The summed E-state index contributed by atoms with van der Waals surface area (Å²) in [5, 5.41) is 22.5. The van der Waals surface area contributed by atoms with Crippen LogP contribution >= 0.6 is 0 Å². The molecule has 2 N–H and O–H groups in total. The highest BCUT2D eigenvalue weighted by atomic mass is 16.5. The van der Waals surface area contributed by atoms with E-state index >= 15 is 0 Å². The minimum Gasteiger partial charge on any atom is -0.480 e. The number of aryl methyl sites for hydroxylation is 2. The Hall–Kier alpha value is -2.71. The maximum atomic E-state index is 11.8. The smallest absolute Gasteiger partial charge is 0.325 e. The Morgan fingerprint density at radius 3 is 2.81 bits per heavy atom. The van der Waals surface area contributed by atoms with Crippen molar-refractivity contribution < 1.29 is 19.2 Å². The summed E-state index contributed by atoms with van der Waals surface area (Å²) in [6, 6.07) is 0. The summed E-state index contributed by atoms with van der Waals surface area (Å²) in [6.07, 6.45) is 1.65. The van der Waals surface area contributed by atoms with Crippen molar-refractivity contribution in [1.29, 1.82) is 0 Å². The molecule has 9 nitrogen and oxygen atoms in total. The lowest BCUT2D eigenvalue weighted by Crippen LogP contribution is -2.25. The number of hydrogen-bond donors (Lipinski definition) is 2. The summed E-state index contributed by atoms with van der Waals surface area (Å²) in [7, 11) is 0. The van der Waals surface area contributed by atoms with Gasteiger partial charge in [0, 0.05) is 5.56 Å². The van der Waals surface area contributed by atoms with E-state index in [0.29, 0.717) is 17.1 Å². The van der Waals surface area contributed by atoms with E-state index in [1.54, 1.807) is 13.8 Å². The molecule has 112 valence electrons. The molecule has 0 aliphatic carbocycles. The molecule has 9 heteroatoms. The monoisotopic (exact) mass is 293 g/mol. The molecule has 2 heterocycles. The highest BCUT2D eigenvalue weighted by Gasteiger charge is 2.13. The van der Waals surface area contributed by atoms with Gasteiger partial charge >= 0.3 is 5.97 Å². The lowest BCUT2D eigenvalue weighted by atomic mass is 10.1. The Labute approximate surface area is 119 Å². The van der Waals surface area contributed by atoms with Gasteiger partial charge in [0.1, 0.15) is 18.0 Å². The molecule has 0 fully saturated rings. The fourth-order valence-electron chi connectivity index (χ4n) is 1.80. The van der Waals surface area contributed by atoms with Crippen molar-refractivity contribution in [2.24, 2.45) is 0 Å². The number of aromatic nitrogens is 4. The topological polar surface area (TPSA) is 123 Å². The molecule has 0 aromatic carbocycles. The van der Waals surface area contributed by atoms with Gasteiger partial charge in [0.15, 0.2) is 0 Å². The van der Waals surface area contributed by atoms with Gasteiger partial charge in [-0.15, -0.1) is 5.10 Å². The number of amides is 1. The van der Waals surface area contributed by atoms with E-state index in [4.69, 9.17) is 9.63 Å². The van der Waals surface area contributed by atoms with Gasteiger partial charge < -0.3 is 14.9 Å². The van der Waals surface area contributed by atoms with Crippen LogP contribution < -0.4 is 5.32 Å². The number of nitrogens with zero attached hydrogens (tertiary/aromatic N) is 4. The van der Waals surface area contributed by atoms with Crippen molar-refractivity contribution >= 4 is 11.9 Å². The van der Waals surface area contributed by atoms with Gasteiger partial charge in [-0.3, -0.25) is 9.59 Å². The largest absolute Gasteiger partial charge is 0.480 e. The second-order valence-corrected chi connectivity index (χ2v) is 4.56. The van der Waals surface area contributed by atoms with Crippen LogP contribution in [-0.4, -0.2) is 37.1 Å². The van der Waals surface area contributed by atoms with Gasteiger partial charge in [-0.05, 0) is 13.8 Å². The van der Waals surface area contributed by atoms with Gasteiger partial charge in [0.05, 0.1) is 24.9 Å². The van der Waals surface area contributed by atoms with Crippen molar-refractivity contribution in [3.8, 4) is 0 Å². The number of aliphatic carboxylic acids is 1. The van der Waals surface area contributed by atoms with Crippen LogP contribution in [0.5, 0.6) is 0 Å². The third kappa shape index (κ3) is 3.88. The molecule has 0 radical (unpaired) electrons. The Kier molecular flexibility index (Phi) is 4.31. The first-order chi connectivity index (χ1) is 9.95. The quantitative estimate of drug-likeness (QED) is 0.757. The molecular formula is C12H15N5O4. The minimum atomic E-state index is -1.01. The van der Waals surface area contributed by atoms with Gasteiger partial charge in [0.2, 0.25) is 5.91 Å².